The number of anilines is 1. The van der Waals surface area contributed by atoms with Gasteiger partial charge in [0.2, 0.25) is 0 Å². The molecule has 6 heteroatoms. The Balaban J connectivity index is 2.96. The zero-order valence-electron chi connectivity index (χ0n) is 8.55. The second kappa shape index (κ2) is 4.51. The topological polar surface area (TPSA) is 83.6 Å². The third-order valence-electron chi connectivity index (χ3n) is 2.06. The van der Waals surface area contributed by atoms with Crippen molar-refractivity contribution < 1.29 is 14.7 Å². The van der Waals surface area contributed by atoms with Crippen molar-refractivity contribution >= 4 is 29.1 Å². The first-order valence-electron chi connectivity index (χ1n) is 4.41. The number of hydrogen-bond donors (Lipinski definition) is 2. The predicted molar refractivity (Wildman–Crippen MR) is 59.8 cm³/mol. The number of rotatable bonds is 3. The van der Waals surface area contributed by atoms with E-state index in [9.17, 15) is 14.7 Å². The molecule has 1 aromatic carbocycles. The van der Waals surface area contributed by atoms with Crippen LogP contribution >= 0.6 is 11.6 Å². The van der Waals surface area contributed by atoms with Gasteiger partial charge in [0.1, 0.15) is 0 Å². The smallest absolute Gasteiger partial charge is 0.298 e. The normalized spacial score (nSPS) is 13.9. The van der Waals surface area contributed by atoms with Gasteiger partial charge in [0, 0.05) is 12.7 Å². The lowest BCUT2D eigenvalue weighted by atomic mass is 10.2. The number of nitrogens with two attached hydrogens (primary N) is 1. The molecule has 0 aliphatic rings. The zero-order valence-corrected chi connectivity index (χ0v) is 9.31. The van der Waals surface area contributed by atoms with Crippen LogP contribution < -0.4 is 10.6 Å². The first kappa shape index (κ1) is 12.5. The van der Waals surface area contributed by atoms with Gasteiger partial charge in [-0.3, -0.25) is 9.59 Å². The molecule has 5 nitrogen and oxygen atoms in total. The summed E-state index contributed by atoms with van der Waals surface area (Å²) < 4.78 is 0. The van der Waals surface area contributed by atoms with Crippen LogP contribution in [0.1, 0.15) is 0 Å². The Labute approximate surface area is 97.4 Å². The van der Waals surface area contributed by atoms with Gasteiger partial charge < -0.3 is 15.7 Å². The number of alkyl halides is 1. The molecule has 0 radical (unpaired) electrons. The molecule has 0 fully saturated rings. The van der Waals surface area contributed by atoms with Crippen molar-refractivity contribution in [1.29, 1.82) is 0 Å². The maximum Gasteiger partial charge on any atom is 0.298 e. The molecule has 86 valence electrons. The molecule has 0 aromatic heterocycles. The van der Waals surface area contributed by atoms with E-state index >= 15 is 0 Å². The van der Waals surface area contributed by atoms with Crippen molar-refractivity contribution in [3.63, 3.8) is 0 Å². The van der Waals surface area contributed by atoms with E-state index < -0.39 is 16.9 Å². The maximum absolute atomic E-state index is 11.6. The van der Waals surface area contributed by atoms with Gasteiger partial charge in [0.15, 0.2) is 0 Å². The molecule has 1 unspecified atom stereocenters. The lowest BCUT2D eigenvalue weighted by molar-refractivity contribution is -0.141. The number of halogens is 1. The number of likely N-dealkylation sites (N-methyl/N-ethyl adjacent to an activating group) is 1. The Hall–Kier alpha value is -1.59. The number of carbonyl (C=O) groups excluding carboxylic acids is 2. The van der Waals surface area contributed by atoms with Crippen molar-refractivity contribution in [1.82, 2.24) is 0 Å². The molecule has 2 amide bonds. The number of amides is 2. The summed E-state index contributed by atoms with van der Waals surface area (Å²) in [7, 11) is 1.38. The summed E-state index contributed by atoms with van der Waals surface area (Å²) in [5.41, 5.74) is 5.31. The fourth-order valence-electron chi connectivity index (χ4n) is 1.10. The second-order valence-electron chi connectivity index (χ2n) is 3.19. The van der Waals surface area contributed by atoms with Crippen LogP contribution in [-0.4, -0.2) is 29.0 Å². The number of aliphatic hydroxyl groups is 1. The summed E-state index contributed by atoms with van der Waals surface area (Å²) in [4.78, 5) is 23.5. The predicted octanol–water partition coefficient (Wildman–Crippen LogP) is 0.0621. The van der Waals surface area contributed by atoms with E-state index in [1.807, 2.05) is 0 Å². The van der Waals surface area contributed by atoms with E-state index in [0.29, 0.717) is 5.69 Å². The van der Waals surface area contributed by atoms with Gasteiger partial charge in [0.05, 0.1) is 0 Å². The molecule has 0 saturated carbocycles. The highest BCUT2D eigenvalue weighted by Gasteiger charge is 2.42. The Morgan fingerprint density at radius 1 is 1.38 bits per heavy atom. The minimum atomic E-state index is -2.72. The second-order valence-corrected chi connectivity index (χ2v) is 3.73. The molecule has 1 rings (SSSR count). The van der Waals surface area contributed by atoms with Gasteiger partial charge in [0.25, 0.3) is 16.9 Å². The number of hydrogen-bond acceptors (Lipinski definition) is 3. The number of primary amides is 1. The molecule has 0 spiro atoms. The molecule has 0 heterocycles. The quantitative estimate of drug-likeness (QED) is 0.581. The summed E-state index contributed by atoms with van der Waals surface area (Å²) in [6.07, 6.45) is 0. The van der Waals surface area contributed by atoms with E-state index in [0.717, 1.165) is 4.90 Å². The van der Waals surface area contributed by atoms with Gasteiger partial charge in [-0.2, -0.15) is 0 Å². The highest BCUT2D eigenvalue weighted by molar-refractivity contribution is 6.45. The van der Waals surface area contributed by atoms with Crippen molar-refractivity contribution in [3.05, 3.63) is 30.3 Å². The fourth-order valence-corrected chi connectivity index (χ4v) is 1.22. The zero-order chi connectivity index (χ0) is 12.3. The molecule has 1 aromatic rings. The van der Waals surface area contributed by atoms with E-state index in [1.54, 1.807) is 30.3 Å². The minimum absolute atomic E-state index is 0.493. The Kier molecular flexibility index (Phi) is 3.51. The van der Waals surface area contributed by atoms with Crippen LogP contribution in [0.25, 0.3) is 0 Å². The standard InChI is InChI=1S/C10H11ClN2O3/c1-13(7-5-3-2-4-6-7)9(15)10(11,16)8(12)14/h2-6,16H,1H3,(H2,12,14). The maximum atomic E-state index is 11.6. The van der Waals surface area contributed by atoms with Gasteiger partial charge in [-0.1, -0.05) is 29.8 Å². The van der Waals surface area contributed by atoms with Crippen molar-refractivity contribution in [3.8, 4) is 0 Å². The molecular weight excluding hydrogens is 232 g/mol. The van der Waals surface area contributed by atoms with Crippen LogP contribution in [0.3, 0.4) is 0 Å². The molecule has 0 saturated heterocycles. The summed E-state index contributed by atoms with van der Waals surface area (Å²) in [6, 6.07) is 8.44. The summed E-state index contributed by atoms with van der Waals surface area (Å²) in [5, 5.41) is 6.67. The third-order valence-corrected chi connectivity index (χ3v) is 2.41. The summed E-state index contributed by atoms with van der Waals surface area (Å²) in [6.45, 7) is 0. The molecule has 0 aliphatic carbocycles. The highest BCUT2D eigenvalue weighted by atomic mass is 35.5. The van der Waals surface area contributed by atoms with E-state index in [-0.39, 0.29) is 0 Å². The van der Waals surface area contributed by atoms with Gasteiger partial charge >= 0.3 is 0 Å². The van der Waals surface area contributed by atoms with Crippen LogP contribution in [0.4, 0.5) is 5.69 Å². The molecule has 0 aliphatic heterocycles. The first-order valence-corrected chi connectivity index (χ1v) is 4.79. The molecule has 0 bridgehead atoms. The molecule has 1 atom stereocenters. The number of benzene rings is 1. The molecular formula is C10H11ClN2O3. The van der Waals surface area contributed by atoms with E-state index in [1.165, 1.54) is 7.05 Å². The Morgan fingerprint density at radius 2 is 1.88 bits per heavy atom. The number of para-hydroxylation sites is 1. The Bertz CT molecular complexity index is 406. The van der Waals surface area contributed by atoms with Gasteiger partial charge in [-0.15, -0.1) is 0 Å². The lowest BCUT2D eigenvalue weighted by Gasteiger charge is -2.23. The lowest BCUT2D eigenvalue weighted by Crippen LogP contribution is -2.52. The third kappa shape index (κ3) is 2.32. The molecule has 16 heavy (non-hydrogen) atoms. The fraction of sp³-hybridized carbons (Fsp3) is 0.200. The SMILES string of the molecule is CN(C(=O)C(O)(Cl)C(N)=O)c1ccccc1. The number of carbonyl (C=O) groups is 2. The minimum Gasteiger partial charge on any atom is -0.366 e. The first-order chi connectivity index (χ1) is 7.37. The van der Waals surface area contributed by atoms with Gasteiger partial charge in [-0.05, 0) is 12.1 Å². The van der Waals surface area contributed by atoms with E-state index in [4.69, 9.17) is 17.3 Å². The van der Waals surface area contributed by atoms with Crippen LogP contribution in [0, 0.1) is 0 Å². The number of nitrogens with zero attached hydrogens (tertiary/aromatic N) is 1. The monoisotopic (exact) mass is 242 g/mol. The summed E-state index contributed by atoms with van der Waals surface area (Å²) >= 11 is 5.36. The van der Waals surface area contributed by atoms with Crippen LogP contribution in [0.15, 0.2) is 30.3 Å². The highest BCUT2D eigenvalue weighted by Crippen LogP contribution is 2.19. The van der Waals surface area contributed by atoms with Crippen molar-refractivity contribution in [2.45, 2.75) is 5.06 Å². The van der Waals surface area contributed by atoms with Crippen molar-refractivity contribution in [2.24, 2.45) is 5.73 Å². The van der Waals surface area contributed by atoms with E-state index in [2.05, 4.69) is 0 Å². The average molecular weight is 243 g/mol. The Morgan fingerprint density at radius 3 is 2.31 bits per heavy atom. The summed E-state index contributed by atoms with van der Waals surface area (Å²) in [5.74, 6) is -2.30. The van der Waals surface area contributed by atoms with Crippen molar-refractivity contribution in [2.75, 3.05) is 11.9 Å². The van der Waals surface area contributed by atoms with Crippen LogP contribution in [0.2, 0.25) is 0 Å². The van der Waals surface area contributed by atoms with Gasteiger partial charge in [-0.25, -0.2) is 0 Å². The average Bonchev–Trinajstić information content (AvgIpc) is 2.28. The largest absolute Gasteiger partial charge is 0.366 e. The van der Waals surface area contributed by atoms with Crippen LogP contribution in [0.5, 0.6) is 0 Å². The molecule has 3 N–H and O–H groups in total. The van der Waals surface area contributed by atoms with Crippen LogP contribution in [-0.2, 0) is 9.59 Å².